The molecule has 2 atom stereocenters. The summed E-state index contributed by atoms with van der Waals surface area (Å²) in [5.74, 6) is 2.32. The Morgan fingerprint density at radius 1 is 1.27 bits per heavy atom. The smallest absolute Gasteiger partial charge is 0.191 e. The van der Waals surface area contributed by atoms with Crippen LogP contribution in [0.15, 0.2) is 52.1 Å². The Morgan fingerprint density at radius 2 is 2.12 bits per heavy atom. The van der Waals surface area contributed by atoms with Gasteiger partial charge in [0.2, 0.25) is 0 Å². The zero-order valence-corrected chi connectivity index (χ0v) is 17.7. The number of nitrogens with one attached hydrogen (secondary N) is 2. The summed E-state index contributed by atoms with van der Waals surface area (Å²) in [5, 5.41) is 6.87. The van der Waals surface area contributed by atoms with E-state index in [2.05, 4.69) is 46.8 Å². The van der Waals surface area contributed by atoms with Gasteiger partial charge in [-0.1, -0.05) is 24.3 Å². The first-order valence-corrected chi connectivity index (χ1v) is 8.90. The van der Waals surface area contributed by atoms with E-state index in [-0.39, 0.29) is 24.0 Å². The van der Waals surface area contributed by atoms with Crippen molar-refractivity contribution in [2.45, 2.75) is 38.3 Å². The Balaban J connectivity index is 0.00000243. The predicted molar refractivity (Wildman–Crippen MR) is 115 cm³/mol. The minimum Gasteiger partial charge on any atom is -0.467 e. The first-order valence-electron chi connectivity index (χ1n) is 8.90. The van der Waals surface area contributed by atoms with Crippen LogP contribution in [0.5, 0.6) is 0 Å². The topological polar surface area (TPSA) is 58.8 Å². The average Bonchev–Trinajstić information content (AvgIpc) is 3.18. The maximum atomic E-state index is 5.58. The van der Waals surface area contributed by atoms with Gasteiger partial charge in [-0.25, -0.2) is 0 Å². The number of hydrogen-bond donors (Lipinski definition) is 2. The van der Waals surface area contributed by atoms with Crippen LogP contribution >= 0.6 is 24.0 Å². The summed E-state index contributed by atoms with van der Waals surface area (Å²) in [6.45, 7) is 4.24. The highest BCUT2D eigenvalue weighted by molar-refractivity contribution is 14.0. The van der Waals surface area contributed by atoms with Crippen molar-refractivity contribution in [3.63, 3.8) is 0 Å². The van der Waals surface area contributed by atoms with Crippen molar-refractivity contribution in [3.05, 3.63) is 59.5 Å². The molecule has 3 rings (SSSR count). The molecule has 5 nitrogen and oxygen atoms in total. The van der Waals surface area contributed by atoms with E-state index < -0.39 is 0 Å². The maximum absolute atomic E-state index is 5.58. The highest BCUT2D eigenvalue weighted by atomic mass is 127. The molecule has 1 fully saturated rings. The van der Waals surface area contributed by atoms with E-state index in [4.69, 9.17) is 9.15 Å². The third-order valence-corrected chi connectivity index (χ3v) is 4.51. The largest absolute Gasteiger partial charge is 0.467 e. The van der Waals surface area contributed by atoms with Crippen molar-refractivity contribution in [1.29, 1.82) is 0 Å². The lowest BCUT2D eigenvalue weighted by Crippen LogP contribution is -2.39. The Hall–Kier alpha value is -1.54. The van der Waals surface area contributed by atoms with E-state index in [0.717, 1.165) is 31.1 Å². The highest BCUT2D eigenvalue weighted by Crippen LogP contribution is 2.41. The van der Waals surface area contributed by atoms with Gasteiger partial charge in [-0.2, -0.15) is 0 Å². The third kappa shape index (κ3) is 6.02. The minimum atomic E-state index is 0. The monoisotopic (exact) mass is 469 g/mol. The molecule has 0 spiro atoms. The second kappa shape index (κ2) is 10.6. The van der Waals surface area contributed by atoms with E-state index in [9.17, 15) is 0 Å². The van der Waals surface area contributed by atoms with Gasteiger partial charge in [0.15, 0.2) is 5.96 Å². The Kier molecular flexibility index (Phi) is 8.44. The van der Waals surface area contributed by atoms with Crippen molar-refractivity contribution in [2.24, 2.45) is 4.99 Å². The molecule has 1 heterocycles. The SMILES string of the molecule is CN=C(NCCCOCc1ccco1)NC1CC1c1ccccc1C.I. The molecule has 6 heteroatoms. The van der Waals surface area contributed by atoms with Crippen LogP contribution in [-0.4, -0.2) is 32.2 Å². The van der Waals surface area contributed by atoms with Crippen LogP contribution in [-0.2, 0) is 11.3 Å². The molecule has 0 saturated heterocycles. The number of rotatable bonds is 8. The fourth-order valence-corrected chi connectivity index (χ4v) is 3.02. The second-order valence-corrected chi connectivity index (χ2v) is 6.43. The predicted octanol–water partition coefficient (Wildman–Crippen LogP) is 3.83. The fourth-order valence-electron chi connectivity index (χ4n) is 3.02. The maximum Gasteiger partial charge on any atom is 0.191 e. The van der Waals surface area contributed by atoms with Gasteiger partial charge in [0.1, 0.15) is 12.4 Å². The molecule has 1 aliphatic rings. The first kappa shape index (κ1) is 20.8. The molecule has 2 N–H and O–H groups in total. The van der Waals surface area contributed by atoms with Crippen LogP contribution in [0.25, 0.3) is 0 Å². The van der Waals surface area contributed by atoms with Crippen LogP contribution in [0.3, 0.4) is 0 Å². The standard InChI is InChI=1S/C20H27N3O2.HI/c1-15-7-3-4-9-17(15)18-13-19(18)23-20(21-2)22-10-6-11-24-14-16-8-5-12-25-16;/h3-5,7-9,12,18-19H,6,10-11,13-14H2,1-2H3,(H2,21,22,23);1H. The lowest BCUT2D eigenvalue weighted by molar-refractivity contribution is 0.105. The highest BCUT2D eigenvalue weighted by Gasteiger charge is 2.39. The summed E-state index contributed by atoms with van der Waals surface area (Å²) in [5.41, 5.74) is 2.82. The van der Waals surface area contributed by atoms with Crippen LogP contribution < -0.4 is 10.6 Å². The van der Waals surface area contributed by atoms with E-state index in [1.807, 2.05) is 19.2 Å². The number of hydrogen-bond acceptors (Lipinski definition) is 3. The van der Waals surface area contributed by atoms with E-state index >= 15 is 0 Å². The summed E-state index contributed by atoms with van der Waals surface area (Å²) in [4.78, 5) is 4.32. The molecule has 26 heavy (non-hydrogen) atoms. The van der Waals surface area contributed by atoms with Gasteiger partial charge in [0, 0.05) is 32.2 Å². The van der Waals surface area contributed by atoms with Crippen LogP contribution in [0.1, 0.15) is 35.6 Å². The quantitative estimate of drug-likeness (QED) is 0.267. The number of ether oxygens (including phenoxy) is 1. The van der Waals surface area contributed by atoms with Crippen molar-refractivity contribution < 1.29 is 9.15 Å². The molecule has 1 aliphatic carbocycles. The van der Waals surface area contributed by atoms with Gasteiger partial charge in [-0.15, -0.1) is 24.0 Å². The lowest BCUT2D eigenvalue weighted by Gasteiger charge is -2.12. The summed E-state index contributed by atoms with van der Waals surface area (Å²) in [6.07, 6.45) is 3.75. The second-order valence-electron chi connectivity index (χ2n) is 6.43. The molecule has 0 radical (unpaired) electrons. The van der Waals surface area contributed by atoms with Crippen LogP contribution in [0.4, 0.5) is 0 Å². The number of benzene rings is 1. The molecular formula is C20H28IN3O2. The van der Waals surface area contributed by atoms with Crippen molar-refractivity contribution in [2.75, 3.05) is 20.2 Å². The average molecular weight is 469 g/mol. The van der Waals surface area contributed by atoms with Gasteiger partial charge in [-0.3, -0.25) is 4.99 Å². The van der Waals surface area contributed by atoms with Crippen molar-refractivity contribution in [1.82, 2.24) is 10.6 Å². The number of guanidine groups is 1. The van der Waals surface area contributed by atoms with Gasteiger partial charge in [-0.05, 0) is 43.0 Å². The Labute approximate surface area is 172 Å². The third-order valence-electron chi connectivity index (χ3n) is 4.51. The number of furan rings is 1. The molecule has 1 aromatic carbocycles. The number of halogens is 1. The molecule has 2 unspecified atom stereocenters. The van der Waals surface area contributed by atoms with Crippen LogP contribution in [0, 0.1) is 6.92 Å². The minimum absolute atomic E-state index is 0. The zero-order chi connectivity index (χ0) is 17.5. The van der Waals surface area contributed by atoms with E-state index in [1.165, 1.54) is 11.1 Å². The number of aryl methyl sites for hydroxylation is 1. The fraction of sp³-hybridized carbons (Fsp3) is 0.450. The molecule has 0 amide bonds. The Morgan fingerprint density at radius 3 is 2.85 bits per heavy atom. The summed E-state index contributed by atoms with van der Waals surface area (Å²) < 4.78 is 10.8. The van der Waals surface area contributed by atoms with E-state index in [1.54, 1.807) is 6.26 Å². The zero-order valence-electron chi connectivity index (χ0n) is 15.4. The van der Waals surface area contributed by atoms with Gasteiger partial charge in [0.25, 0.3) is 0 Å². The number of aliphatic imine (C=N–C) groups is 1. The molecule has 0 aliphatic heterocycles. The first-order chi connectivity index (χ1) is 12.3. The van der Waals surface area contributed by atoms with Crippen molar-refractivity contribution >= 4 is 29.9 Å². The van der Waals surface area contributed by atoms with E-state index in [0.29, 0.717) is 25.2 Å². The molecule has 142 valence electrons. The number of nitrogens with zero attached hydrogens (tertiary/aromatic N) is 1. The molecule has 1 aromatic heterocycles. The molecule has 1 saturated carbocycles. The van der Waals surface area contributed by atoms with Crippen molar-refractivity contribution in [3.8, 4) is 0 Å². The van der Waals surface area contributed by atoms with Gasteiger partial charge in [0.05, 0.1) is 6.26 Å². The summed E-state index contributed by atoms with van der Waals surface area (Å²) in [7, 11) is 1.81. The lowest BCUT2D eigenvalue weighted by atomic mass is 10.0. The molecule has 2 aromatic rings. The van der Waals surface area contributed by atoms with Crippen LogP contribution in [0.2, 0.25) is 0 Å². The summed E-state index contributed by atoms with van der Waals surface area (Å²) >= 11 is 0. The normalized spacial score (nSPS) is 18.9. The van der Waals surface area contributed by atoms with Gasteiger partial charge >= 0.3 is 0 Å². The molecular weight excluding hydrogens is 441 g/mol. The Bertz CT molecular complexity index is 688. The molecule has 0 bridgehead atoms. The van der Waals surface area contributed by atoms with Gasteiger partial charge < -0.3 is 19.8 Å². The summed E-state index contributed by atoms with van der Waals surface area (Å²) in [6, 6.07) is 12.9.